The minimum Gasteiger partial charge on any atom is -0.396 e. The van der Waals surface area contributed by atoms with Crippen LogP contribution >= 0.6 is 11.6 Å². The van der Waals surface area contributed by atoms with Gasteiger partial charge in [0.2, 0.25) is 5.78 Å². The summed E-state index contributed by atoms with van der Waals surface area (Å²) in [4.78, 5) is 15.3. The van der Waals surface area contributed by atoms with E-state index in [0.29, 0.717) is 10.7 Å². The van der Waals surface area contributed by atoms with Crippen molar-refractivity contribution in [3.05, 3.63) is 76.4 Å². The largest absolute Gasteiger partial charge is 0.396 e. The molecule has 0 saturated heterocycles. The highest BCUT2D eigenvalue weighted by Crippen LogP contribution is 2.25. The molecule has 0 aliphatic carbocycles. The summed E-state index contributed by atoms with van der Waals surface area (Å²) in [5.41, 5.74) is 6.03. The number of halogens is 3. The van der Waals surface area contributed by atoms with Gasteiger partial charge in [-0.2, -0.15) is 0 Å². The standard InChI is InChI=1S/C17H11ClF2N2O/c18-11-3-1-9(2-4-11)14-7-10(8-22-14)17(23)15-12(19)5-6-13(21)16(15)20/h1-8,22H,21H2. The summed E-state index contributed by atoms with van der Waals surface area (Å²) in [6, 6.07) is 10.5. The molecular formula is C17H11ClF2N2O. The van der Waals surface area contributed by atoms with Crippen LogP contribution in [0.15, 0.2) is 48.7 Å². The molecule has 3 aromatic rings. The molecule has 6 heteroatoms. The molecule has 3 rings (SSSR count). The second kappa shape index (κ2) is 5.85. The SMILES string of the molecule is Nc1ccc(F)c(C(=O)c2c[nH]c(-c3ccc(Cl)cc3)c2)c1F. The zero-order valence-electron chi connectivity index (χ0n) is 11.7. The van der Waals surface area contributed by atoms with Gasteiger partial charge in [0.25, 0.3) is 0 Å². The van der Waals surface area contributed by atoms with Crippen LogP contribution in [-0.4, -0.2) is 10.8 Å². The van der Waals surface area contributed by atoms with Crippen molar-refractivity contribution < 1.29 is 13.6 Å². The van der Waals surface area contributed by atoms with Gasteiger partial charge < -0.3 is 10.7 Å². The van der Waals surface area contributed by atoms with Crippen LogP contribution < -0.4 is 5.73 Å². The van der Waals surface area contributed by atoms with Crippen LogP contribution in [0.4, 0.5) is 14.5 Å². The number of aromatic nitrogens is 1. The van der Waals surface area contributed by atoms with Crippen LogP contribution in [0.2, 0.25) is 5.02 Å². The third-order valence-corrected chi connectivity index (χ3v) is 3.70. The van der Waals surface area contributed by atoms with Crippen LogP contribution in [0.25, 0.3) is 11.3 Å². The Morgan fingerprint density at radius 3 is 2.48 bits per heavy atom. The number of rotatable bonds is 3. The van der Waals surface area contributed by atoms with Crippen molar-refractivity contribution >= 4 is 23.1 Å². The Kier molecular flexibility index (Phi) is 3.88. The molecule has 0 amide bonds. The Bertz CT molecular complexity index is 888. The van der Waals surface area contributed by atoms with E-state index in [9.17, 15) is 13.6 Å². The highest BCUT2D eigenvalue weighted by molar-refractivity contribution is 6.30. The molecule has 0 spiro atoms. The van der Waals surface area contributed by atoms with Crippen molar-refractivity contribution in [2.24, 2.45) is 0 Å². The van der Waals surface area contributed by atoms with Gasteiger partial charge in [0.1, 0.15) is 5.82 Å². The first-order valence-electron chi connectivity index (χ1n) is 6.70. The number of hydrogen-bond donors (Lipinski definition) is 2. The van der Waals surface area contributed by atoms with E-state index in [1.54, 1.807) is 24.3 Å². The smallest absolute Gasteiger partial charge is 0.200 e. The predicted octanol–water partition coefficient (Wildman–Crippen LogP) is 4.43. The number of nitrogens with two attached hydrogens (primary N) is 1. The molecule has 3 N–H and O–H groups in total. The fourth-order valence-electron chi connectivity index (χ4n) is 2.24. The third kappa shape index (κ3) is 2.83. The van der Waals surface area contributed by atoms with Gasteiger partial charge in [0.05, 0.1) is 11.3 Å². The van der Waals surface area contributed by atoms with Crippen molar-refractivity contribution in [3.63, 3.8) is 0 Å². The molecule has 0 aliphatic heterocycles. The van der Waals surface area contributed by atoms with Gasteiger partial charge in [0.15, 0.2) is 5.82 Å². The first-order chi connectivity index (χ1) is 11.0. The molecule has 0 bridgehead atoms. The molecule has 1 aromatic heterocycles. The number of anilines is 1. The fourth-order valence-corrected chi connectivity index (χ4v) is 2.37. The van der Waals surface area contributed by atoms with Crippen LogP contribution in [0.5, 0.6) is 0 Å². The maximum atomic E-state index is 14.0. The monoisotopic (exact) mass is 332 g/mol. The van der Waals surface area contributed by atoms with Gasteiger partial charge in [-0.15, -0.1) is 0 Å². The van der Waals surface area contributed by atoms with Gasteiger partial charge in [-0.05, 0) is 35.9 Å². The minimum absolute atomic E-state index is 0.137. The zero-order chi connectivity index (χ0) is 16.6. The number of nitrogens with one attached hydrogen (secondary N) is 1. The first kappa shape index (κ1) is 15.2. The topological polar surface area (TPSA) is 58.9 Å². The van der Waals surface area contributed by atoms with E-state index in [-0.39, 0.29) is 11.3 Å². The molecule has 3 nitrogen and oxygen atoms in total. The summed E-state index contributed by atoms with van der Waals surface area (Å²) in [5, 5.41) is 0.584. The quantitative estimate of drug-likeness (QED) is 0.550. The summed E-state index contributed by atoms with van der Waals surface area (Å²) in [7, 11) is 0. The van der Waals surface area contributed by atoms with Gasteiger partial charge >= 0.3 is 0 Å². The van der Waals surface area contributed by atoms with Crippen LogP contribution in [-0.2, 0) is 0 Å². The third-order valence-electron chi connectivity index (χ3n) is 3.45. The molecule has 1 heterocycles. The van der Waals surface area contributed by atoms with E-state index >= 15 is 0 Å². The number of nitrogen functional groups attached to an aromatic ring is 1. The van der Waals surface area contributed by atoms with Gasteiger partial charge in [-0.1, -0.05) is 23.7 Å². The summed E-state index contributed by atoms with van der Waals surface area (Å²) in [6.07, 6.45) is 1.40. The van der Waals surface area contributed by atoms with Crippen LogP contribution in [0.1, 0.15) is 15.9 Å². The van der Waals surface area contributed by atoms with Crippen LogP contribution in [0, 0.1) is 11.6 Å². The normalized spacial score (nSPS) is 10.7. The van der Waals surface area contributed by atoms with Crippen molar-refractivity contribution in [2.45, 2.75) is 0 Å². The van der Waals surface area contributed by atoms with E-state index < -0.39 is 23.0 Å². The lowest BCUT2D eigenvalue weighted by molar-refractivity contribution is 0.103. The molecule has 0 fully saturated rings. The van der Waals surface area contributed by atoms with Gasteiger partial charge in [-0.3, -0.25) is 4.79 Å². The fraction of sp³-hybridized carbons (Fsp3) is 0. The highest BCUT2D eigenvalue weighted by Gasteiger charge is 2.22. The van der Waals surface area contributed by atoms with Crippen molar-refractivity contribution in [3.8, 4) is 11.3 Å². The Morgan fingerprint density at radius 2 is 1.78 bits per heavy atom. The van der Waals surface area contributed by atoms with Gasteiger partial charge in [0, 0.05) is 22.5 Å². The second-order valence-corrected chi connectivity index (χ2v) is 5.40. The number of carbonyl (C=O) groups is 1. The van der Waals surface area contributed by atoms with Crippen molar-refractivity contribution in [1.29, 1.82) is 0 Å². The lowest BCUT2D eigenvalue weighted by Gasteiger charge is -2.04. The molecule has 0 unspecified atom stereocenters. The molecule has 2 aromatic carbocycles. The maximum absolute atomic E-state index is 14.0. The van der Waals surface area contributed by atoms with E-state index in [4.69, 9.17) is 17.3 Å². The number of H-pyrrole nitrogens is 1. The summed E-state index contributed by atoms with van der Waals surface area (Å²) < 4.78 is 27.8. The number of carbonyl (C=O) groups excluding carboxylic acids is 1. The Morgan fingerprint density at radius 1 is 1.09 bits per heavy atom. The Hall–Kier alpha value is -2.66. The number of ketones is 1. The average molecular weight is 333 g/mol. The lowest BCUT2D eigenvalue weighted by atomic mass is 10.0. The molecule has 0 atom stereocenters. The number of aromatic amines is 1. The van der Waals surface area contributed by atoms with Crippen LogP contribution in [0.3, 0.4) is 0 Å². The number of hydrogen-bond acceptors (Lipinski definition) is 2. The average Bonchev–Trinajstić information content (AvgIpc) is 3.02. The molecule has 0 radical (unpaired) electrons. The van der Waals surface area contributed by atoms with E-state index in [2.05, 4.69) is 4.98 Å². The van der Waals surface area contributed by atoms with E-state index in [0.717, 1.165) is 17.7 Å². The first-order valence-corrected chi connectivity index (χ1v) is 7.07. The van der Waals surface area contributed by atoms with E-state index in [1.165, 1.54) is 12.3 Å². The molecular weight excluding hydrogens is 322 g/mol. The summed E-state index contributed by atoms with van der Waals surface area (Å²) in [5.74, 6) is -2.77. The number of benzene rings is 2. The Balaban J connectivity index is 1.99. The minimum atomic E-state index is -1.05. The second-order valence-electron chi connectivity index (χ2n) is 4.96. The van der Waals surface area contributed by atoms with E-state index in [1.807, 2.05) is 0 Å². The summed E-state index contributed by atoms with van der Waals surface area (Å²) >= 11 is 5.82. The summed E-state index contributed by atoms with van der Waals surface area (Å²) in [6.45, 7) is 0. The molecule has 116 valence electrons. The van der Waals surface area contributed by atoms with Crippen molar-refractivity contribution in [2.75, 3.05) is 5.73 Å². The maximum Gasteiger partial charge on any atom is 0.200 e. The lowest BCUT2D eigenvalue weighted by Crippen LogP contribution is -2.08. The molecule has 0 saturated carbocycles. The van der Waals surface area contributed by atoms with Gasteiger partial charge in [-0.25, -0.2) is 8.78 Å². The Labute approximate surface area is 135 Å². The van der Waals surface area contributed by atoms with Crippen molar-refractivity contribution in [1.82, 2.24) is 4.98 Å². The molecule has 23 heavy (non-hydrogen) atoms. The molecule has 0 aliphatic rings. The highest BCUT2D eigenvalue weighted by atomic mass is 35.5. The zero-order valence-corrected chi connectivity index (χ0v) is 12.5. The predicted molar refractivity (Wildman–Crippen MR) is 85.4 cm³/mol.